The zero-order chi connectivity index (χ0) is 16.0. The van der Waals surface area contributed by atoms with E-state index in [2.05, 4.69) is 5.32 Å². The van der Waals surface area contributed by atoms with Crippen LogP contribution in [-0.4, -0.2) is 41.0 Å². The van der Waals surface area contributed by atoms with Crippen LogP contribution in [0.25, 0.3) is 0 Å². The van der Waals surface area contributed by atoms with Crippen LogP contribution in [0, 0.1) is 0 Å². The number of benzene rings is 1. The van der Waals surface area contributed by atoms with Gasteiger partial charge in [0.1, 0.15) is 5.54 Å². The molecule has 21 heavy (non-hydrogen) atoms. The van der Waals surface area contributed by atoms with E-state index < -0.39 is 11.5 Å². The molecule has 0 bridgehead atoms. The lowest BCUT2D eigenvalue weighted by molar-refractivity contribution is -0.144. The summed E-state index contributed by atoms with van der Waals surface area (Å²) in [4.78, 5) is 25.0. The van der Waals surface area contributed by atoms with E-state index in [1.165, 1.54) is 0 Å². The third kappa shape index (κ3) is 4.29. The molecule has 1 amide bonds. The lowest BCUT2D eigenvalue weighted by atomic mass is 9.99. The molecule has 5 nitrogen and oxygen atoms in total. The number of carbonyl (C=O) groups excluding carboxylic acids is 1. The highest BCUT2D eigenvalue weighted by Gasteiger charge is 2.31. The van der Waals surface area contributed by atoms with Crippen LogP contribution in [0.4, 0.5) is 0 Å². The smallest absolute Gasteiger partial charge is 0.323 e. The Morgan fingerprint density at radius 3 is 2.38 bits per heavy atom. The highest BCUT2D eigenvalue weighted by molar-refractivity contribution is 5.82. The lowest BCUT2D eigenvalue weighted by Crippen LogP contribution is -2.52. The number of likely N-dealkylation sites (N-methyl/N-ethyl adjacent to an activating group) is 1. The maximum Gasteiger partial charge on any atom is 0.323 e. The van der Waals surface area contributed by atoms with Gasteiger partial charge in [-0.3, -0.25) is 14.9 Å². The van der Waals surface area contributed by atoms with Crippen molar-refractivity contribution in [3.63, 3.8) is 0 Å². The van der Waals surface area contributed by atoms with E-state index in [4.69, 9.17) is 0 Å². The van der Waals surface area contributed by atoms with E-state index in [0.29, 0.717) is 6.42 Å². The second-order valence-corrected chi connectivity index (χ2v) is 5.44. The molecule has 0 saturated heterocycles. The molecule has 2 N–H and O–H groups in total. The van der Waals surface area contributed by atoms with Crippen LogP contribution in [0.3, 0.4) is 0 Å². The van der Waals surface area contributed by atoms with Gasteiger partial charge < -0.3 is 10.0 Å². The SMILES string of the molecule is CCC(C)(NCC(=O)N(C)C(C)c1ccccc1)C(=O)O. The maximum absolute atomic E-state index is 12.2. The zero-order valence-corrected chi connectivity index (χ0v) is 13.1. The minimum absolute atomic E-state index is 0.00428. The summed E-state index contributed by atoms with van der Waals surface area (Å²) in [6.45, 7) is 5.32. The van der Waals surface area contributed by atoms with Gasteiger partial charge in [0.25, 0.3) is 0 Å². The number of hydrogen-bond acceptors (Lipinski definition) is 3. The van der Waals surface area contributed by atoms with Crippen LogP contribution in [0.5, 0.6) is 0 Å². The number of hydrogen-bond donors (Lipinski definition) is 2. The number of nitrogens with zero attached hydrogens (tertiary/aromatic N) is 1. The molecule has 0 spiro atoms. The third-order valence-corrected chi connectivity index (χ3v) is 4.07. The Balaban J connectivity index is 2.65. The van der Waals surface area contributed by atoms with E-state index in [0.717, 1.165) is 5.56 Å². The van der Waals surface area contributed by atoms with Crippen molar-refractivity contribution in [3.8, 4) is 0 Å². The molecule has 0 fully saturated rings. The third-order valence-electron chi connectivity index (χ3n) is 4.07. The highest BCUT2D eigenvalue weighted by atomic mass is 16.4. The minimum Gasteiger partial charge on any atom is -0.480 e. The van der Waals surface area contributed by atoms with Gasteiger partial charge in [0.2, 0.25) is 5.91 Å². The number of nitrogens with one attached hydrogen (secondary N) is 1. The normalized spacial score (nSPS) is 15.0. The molecular formula is C16H24N2O3. The van der Waals surface area contributed by atoms with Gasteiger partial charge in [0.15, 0.2) is 0 Å². The quantitative estimate of drug-likeness (QED) is 0.807. The summed E-state index contributed by atoms with van der Waals surface area (Å²) < 4.78 is 0. The summed E-state index contributed by atoms with van der Waals surface area (Å²) in [5, 5.41) is 12.0. The molecule has 0 aromatic heterocycles. The molecule has 0 aliphatic carbocycles. The van der Waals surface area contributed by atoms with Crippen LogP contribution < -0.4 is 5.32 Å². The van der Waals surface area contributed by atoms with Crippen molar-refractivity contribution in [2.45, 2.75) is 38.8 Å². The number of amides is 1. The van der Waals surface area contributed by atoms with Gasteiger partial charge in [-0.15, -0.1) is 0 Å². The Hall–Kier alpha value is -1.88. The number of carboxylic acid groups (broad SMARTS) is 1. The van der Waals surface area contributed by atoms with Gasteiger partial charge in [-0.1, -0.05) is 37.3 Å². The fourth-order valence-corrected chi connectivity index (χ4v) is 1.92. The number of aliphatic carboxylic acids is 1. The molecule has 1 aromatic rings. The van der Waals surface area contributed by atoms with Crippen LogP contribution in [0.1, 0.15) is 38.8 Å². The molecule has 5 heteroatoms. The van der Waals surface area contributed by atoms with Gasteiger partial charge in [-0.2, -0.15) is 0 Å². The van der Waals surface area contributed by atoms with Crippen LogP contribution >= 0.6 is 0 Å². The summed E-state index contributed by atoms with van der Waals surface area (Å²) in [5.41, 5.74) is -0.0308. The molecule has 0 aliphatic heterocycles. The largest absolute Gasteiger partial charge is 0.480 e. The molecule has 0 saturated carbocycles. The summed E-state index contributed by atoms with van der Waals surface area (Å²) in [6, 6.07) is 9.67. The second-order valence-electron chi connectivity index (χ2n) is 5.44. The van der Waals surface area contributed by atoms with Crippen molar-refractivity contribution in [2.24, 2.45) is 0 Å². The van der Waals surface area contributed by atoms with E-state index in [1.807, 2.05) is 37.3 Å². The van der Waals surface area contributed by atoms with Crippen LogP contribution in [-0.2, 0) is 9.59 Å². The van der Waals surface area contributed by atoms with Gasteiger partial charge in [0.05, 0.1) is 12.6 Å². The predicted molar refractivity (Wildman–Crippen MR) is 82.0 cm³/mol. The Labute approximate surface area is 126 Å². The first-order valence-corrected chi connectivity index (χ1v) is 7.11. The second kappa shape index (κ2) is 7.22. The molecule has 1 rings (SSSR count). The van der Waals surface area contributed by atoms with Crippen molar-refractivity contribution in [1.82, 2.24) is 10.2 Å². The van der Waals surface area contributed by atoms with E-state index in [1.54, 1.807) is 25.8 Å². The highest BCUT2D eigenvalue weighted by Crippen LogP contribution is 2.18. The molecule has 0 heterocycles. The predicted octanol–water partition coefficient (Wildman–Crippen LogP) is 2.05. The average molecular weight is 292 g/mol. The summed E-state index contributed by atoms with van der Waals surface area (Å²) in [6.07, 6.45) is 0.410. The Bertz CT molecular complexity index is 490. The molecular weight excluding hydrogens is 268 g/mol. The van der Waals surface area contributed by atoms with Crippen molar-refractivity contribution >= 4 is 11.9 Å². The lowest BCUT2D eigenvalue weighted by Gasteiger charge is -2.29. The standard InChI is InChI=1S/C16H24N2O3/c1-5-16(3,15(20)21)17-11-14(19)18(4)12(2)13-9-7-6-8-10-13/h6-10,12,17H,5,11H2,1-4H3,(H,20,21). The maximum atomic E-state index is 12.2. The van der Waals surface area contributed by atoms with E-state index >= 15 is 0 Å². The van der Waals surface area contributed by atoms with Crippen LogP contribution in [0.2, 0.25) is 0 Å². The summed E-state index contributed by atoms with van der Waals surface area (Å²) >= 11 is 0. The first kappa shape index (κ1) is 17.2. The molecule has 0 aliphatic rings. The van der Waals surface area contributed by atoms with Crippen molar-refractivity contribution in [1.29, 1.82) is 0 Å². The van der Waals surface area contributed by atoms with E-state index in [9.17, 15) is 14.7 Å². The average Bonchev–Trinajstić information content (AvgIpc) is 2.51. The van der Waals surface area contributed by atoms with Gasteiger partial charge in [-0.05, 0) is 25.8 Å². The first-order chi connectivity index (χ1) is 9.81. The molecule has 1 aromatic carbocycles. The summed E-state index contributed by atoms with van der Waals surface area (Å²) in [7, 11) is 1.73. The Morgan fingerprint density at radius 2 is 1.90 bits per heavy atom. The Morgan fingerprint density at radius 1 is 1.33 bits per heavy atom. The minimum atomic E-state index is -1.08. The van der Waals surface area contributed by atoms with Crippen LogP contribution in [0.15, 0.2) is 30.3 Å². The topological polar surface area (TPSA) is 69.6 Å². The van der Waals surface area contributed by atoms with Crippen molar-refractivity contribution in [3.05, 3.63) is 35.9 Å². The van der Waals surface area contributed by atoms with Gasteiger partial charge in [-0.25, -0.2) is 0 Å². The zero-order valence-electron chi connectivity index (χ0n) is 13.1. The van der Waals surface area contributed by atoms with E-state index in [-0.39, 0.29) is 18.5 Å². The van der Waals surface area contributed by atoms with Crippen molar-refractivity contribution in [2.75, 3.05) is 13.6 Å². The number of carbonyl (C=O) groups is 2. The molecule has 2 unspecified atom stereocenters. The summed E-state index contributed by atoms with van der Waals surface area (Å²) in [5.74, 6) is -1.08. The fraction of sp³-hybridized carbons (Fsp3) is 0.500. The van der Waals surface area contributed by atoms with Gasteiger partial charge in [0, 0.05) is 7.05 Å². The van der Waals surface area contributed by atoms with Gasteiger partial charge >= 0.3 is 5.97 Å². The number of carboxylic acids is 1. The number of rotatable bonds is 7. The fourth-order valence-electron chi connectivity index (χ4n) is 1.92. The molecule has 0 radical (unpaired) electrons. The van der Waals surface area contributed by atoms with Crippen molar-refractivity contribution < 1.29 is 14.7 Å². The Kier molecular flexibility index (Phi) is 5.90. The first-order valence-electron chi connectivity index (χ1n) is 7.11. The molecule has 116 valence electrons. The monoisotopic (exact) mass is 292 g/mol. The molecule has 2 atom stereocenters.